The second kappa shape index (κ2) is 4.88. The second-order valence-corrected chi connectivity index (χ2v) is 6.51. The molecule has 3 aliphatic rings. The van der Waals surface area contributed by atoms with Gasteiger partial charge in [0.25, 0.3) is 0 Å². The van der Waals surface area contributed by atoms with Crippen LogP contribution in [0.3, 0.4) is 0 Å². The number of carbonyl (C=O) groups excluding carboxylic acids is 1. The van der Waals surface area contributed by atoms with Crippen LogP contribution in [0.15, 0.2) is 24.3 Å². The molecule has 1 unspecified atom stereocenters. The Balaban J connectivity index is 1.50. The molecule has 2 aliphatic heterocycles. The fraction of sp³-hybridized carbons (Fsp3) is 0.588. The molecular formula is C17H22N2O. The topological polar surface area (TPSA) is 32.3 Å². The minimum absolute atomic E-state index is 0.212. The van der Waals surface area contributed by atoms with Crippen LogP contribution in [0.1, 0.15) is 24.0 Å². The van der Waals surface area contributed by atoms with Crippen LogP contribution in [0.25, 0.3) is 0 Å². The first-order valence-electron chi connectivity index (χ1n) is 7.91. The smallest absolute Gasteiger partial charge is 0.226 e. The highest BCUT2D eigenvalue weighted by atomic mass is 16.2. The van der Waals surface area contributed by atoms with Crippen molar-refractivity contribution >= 4 is 5.91 Å². The first-order valence-corrected chi connectivity index (χ1v) is 7.91. The van der Waals surface area contributed by atoms with Crippen molar-refractivity contribution in [1.29, 1.82) is 0 Å². The summed E-state index contributed by atoms with van der Waals surface area (Å²) in [7, 11) is 0. The van der Waals surface area contributed by atoms with Crippen molar-refractivity contribution in [3.8, 4) is 0 Å². The number of aryl methyl sites for hydroxylation is 1. The zero-order valence-corrected chi connectivity index (χ0v) is 11.8. The Morgan fingerprint density at radius 1 is 1.15 bits per heavy atom. The molecule has 1 amide bonds. The van der Waals surface area contributed by atoms with E-state index in [9.17, 15) is 4.79 Å². The Labute approximate surface area is 120 Å². The average molecular weight is 270 g/mol. The van der Waals surface area contributed by atoms with Crippen LogP contribution in [0.5, 0.6) is 0 Å². The molecule has 0 aromatic heterocycles. The van der Waals surface area contributed by atoms with Crippen molar-refractivity contribution in [2.24, 2.45) is 11.8 Å². The Kier molecular flexibility index (Phi) is 3.03. The Morgan fingerprint density at radius 3 is 2.90 bits per heavy atom. The molecule has 2 fully saturated rings. The SMILES string of the molecule is O=C(C1CCc2ccccc2C1)N1CC[C@H]2CNC[C@H]21. The van der Waals surface area contributed by atoms with Gasteiger partial charge in [-0.2, -0.15) is 0 Å². The number of nitrogens with one attached hydrogen (secondary N) is 1. The number of fused-ring (bicyclic) bond motifs is 2. The maximum absolute atomic E-state index is 12.9. The molecule has 2 saturated heterocycles. The molecule has 1 aromatic carbocycles. The number of likely N-dealkylation sites (tertiary alicyclic amines) is 1. The molecule has 4 rings (SSSR count). The molecule has 3 heteroatoms. The molecule has 106 valence electrons. The number of hydrogen-bond donors (Lipinski definition) is 1. The molecule has 3 atom stereocenters. The molecule has 3 nitrogen and oxygen atoms in total. The van der Waals surface area contributed by atoms with E-state index in [-0.39, 0.29) is 5.92 Å². The van der Waals surface area contributed by atoms with Gasteiger partial charge in [-0.05, 0) is 42.7 Å². The molecule has 1 aliphatic carbocycles. The predicted octanol–water partition coefficient (Wildman–Crippen LogP) is 1.61. The monoisotopic (exact) mass is 270 g/mol. The molecule has 2 heterocycles. The summed E-state index contributed by atoms with van der Waals surface area (Å²) in [6, 6.07) is 9.08. The zero-order valence-electron chi connectivity index (χ0n) is 11.8. The fourth-order valence-corrected chi connectivity index (χ4v) is 4.27. The molecule has 0 radical (unpaired) electrons. The Bertz CT molecular complexity index is 527. The van der Waals surface area contributed by atoms with Gasteiger partial charge in [0, 0.05) is 31.6 Å². The number of amides is 1. The largest absolute Gasteiger partial charge is 0.338 e. The fourth-order valence-electron chi connectivity index (χ4n) is 4.27. The zero-order chi connectivity index (χ0) is 13.5. The van der Waals surface area contributed by atoms with Crippen molar-refractivity contribution in [2.45, 2.75) is 31.7 Å². The lowest BCUT2D eigenvalue weighted by atomic mass is 9.83. The summed E-state index contributed by atoms with van der Waals surface area (Å²) in [6.45, 7) is 3.08. The van der Waals surface area contributed by atoms with E-state index in [4.69, 9.17) is 0 Å². The van der Waals surface area contributed by atoms with E-state index in [0.717, 1.165) is 38.9 Å². The average Bonchev–Trinajstić information content (AvgIpc) is 3.09. The minimum atomic E-state index is 0.212. The third-order valence-electron chi connectivity index (χ3n) is 5.42. The number of hydrogen-bond acceptors (Lipinski definition) is 2. The van der Waals surface area contributed by atoms with Crippen molar-refractivity contribution in [2.75, 3.05) is 19.6 Å². The van der Waals surface area contributed by atoms with Crippen LogP contribution in [0.2, 0.25) is 0 Å². The summed E-state index contributed by atoms with van der Waals surface area (Å²) >= 11 is 0. The van der Waals surface area contributed by atoms with Crippen LogP contribution < -0.4 is 5.32 Å². The van der Waals surface area contributed by atoms with Gasteiger partial charge >= 0.3 is 0 Å². The van der Waals surface area contributed by atoms with Gasteiger partial charge in [0.15, 0.2) is 0 Å². The van der Waals surface area contributed by atoms with Gasteiger partial charge in [0.05, 0.1) is 0 Å². The van der Waals surface area contributed by atoms with Gasteiger partial charge in [-0.25, -0.2) is 0 Å². The van der Waals surface area contributed by atoms with E-state index in [2.05, 4.69) is 34.5 Å². The van der Waals surface area contributed by atoms with Gasteiger partial charge < -0.3 is 10.2 Å². The number of rotatable bonds is 1. The third-order valence-corrected chi connectivity index (χ3v) is 5.42. The van der Waals surface area contributed by atoms with Gasteiger partial charge in [0.1, 0.15) is 0 Å². The molecule has 1 aromatic rings. The third kappa shape index (κ3) is 1.96. The lowest BCUT2D eigenvalue weighted by molar-refractivity contribution is -0.136. The predicted molar refractivity (Wildman–Crippen MR) is 78.4 cm³/mol. The van der Waals surface area contributed by atoms with Crippen LogP contribution in [0.4, 0.5) is 0 Å². The van der Waals surface area contributed by atoms with Gasteiger partial charge in [-0.3, -0.25) is 4.79 Å². The van der Waals surface area contributed by atoms with Crippen molar-refractivity contribution in [3.63, 3.8) is 0 Å². The standard InChI is InChI=1S/C17H22N2O/c20-17(19-8-7-15-10-18-11-16(15)19)14-6-5-12-3-1-2-4-13(12)9-14/h1-4,14-16,18H,5-11H2/t14?,15-,16+/m0/s1. The number of benzene rings is 1. The van der Waals surface area contributed by atoms with E-state index < -0.39 is 0 Å². The molecule has 1 N–H and O–H groups in total. The van der Waals surface area contributed by atoms with Crippen molar-refractivity contribution in [3.05, 3.63) is 35.4 Å². The van der Waals surface area contributed by atoms with Crippen LogP contribution in [0, 0.1) is 11.8 Å². The summed E-state index contributed by atoms with van der Waals surface area (Å²) < 4.78 is 0. The normalized spacial score (nSPS) is 32.0. The maximum atomic E-state index is 12.9. The summed E-state index contributed by atoms with van der Waals surface area (Å²) in [5, 5.41) is 3.43. The lowest BCUT2D eigenvalue weighted by Gasteiger charge is -2.31. The van der Waals surface area contributed by atoms with Crippen LogP contribution in [-0.4, -0.2) is 36.5 Å². The highest BCUT2D eigenvalue weighted by Crippen LogP contribution is 2.32. The van der Waals surface area contributed by atoms with Crippen molar-refractivity contribution < 1.29 is 4.79 Å². The summed E-state index contributed by atoms with van der Waals surface area (Å²) in [5.74, 6) is 1.33. The minimum Gasteiger partial charge on any atom is -0.338 e. The van der Waals surface area contributed by atoms with Gasteiger partial charge in [-0.1, -0.05) is 24.3 Å². The van der Waals surface area contributed by atoms with E-state index in [1.54, 1.807) is 0 Å². The quantitative estimate of drug-likeness (QED) is 0.841. The van der Waals surface area contributed by atoms with Gasteiger partial charge in [-0.15, -0.1) is 0 Å². The first kappa shape index (κ1) is 12.4. The van der Waals surface area contributed by atoms with Crippen LogP contribution >= 0.6 is 0 Å². The second-order valence-electron chi connectivity index (χ2n) is 6.51. The molecule has 0 bridgehead atoms. The van der Waals surface area contributed by atoms with E-state index in [1.165, 1.54) is 17.5 Å². The van der Waals surface area contributed by atoms with E-state index >= 15 is 0 Å². The highest BCUT2D eigenvalue weighted by molar-refractivity contribution is 5.80. The Hall–Kier alpha value is -1.35. The van der Waals surface area contributed by atoms with E-state index in [1.807, 2.05) is 0 Å². The van der Waals surface area contributed by atoms with E-state index in [0.29, 0.717) is 17.9 Å². The first-order chi connectivity index (χ1) is 9.83. The molecule has 0 saturated carbocycles. The Morgan fingerprint density at radius 2 is 2.00 bits per heavy atom. The van der Waals surface area contributed by atoms with Crippen LogP contribution in [-0.2, 0) is 17.6 Å². The molecule has 20 heavy (non-hydrogen) atoms. The summed E-state index contributed by atoms with van der Waals surface area (Å²) in [5.41, 5.74) is 2.83. The summed E-state index contributed by atoms with van der Waals surface area (Å²) in [4.78, 5) is 15.0. The molecular weight excluding hydrogens is 248 g/mol. The number of nitrogens with zero attached hydrogens (tertiary/aromatic N) is 1. The maximum Gasteiger partial charge on any atom is 0.226 e. The lowest BCUT2D eigenvalue weighted by Crippen LogP contribution is -2.43. The van der Waals surface area contributed by atoms with Crippen molar-refractivity contribution in [1.82, 2.24) is 10.2 Å². The number of carbonyl (C=O) groups is 1. The van der Waals surface area contributed by atoms with Gasteiger partial charge in [0.2, 0.25) is 5.91 Å². The highest BCUT2D eigenvalue weighted by Gasteiger charge is 2.41. The molecule has 0 spiro atoms. The summed E-state index contributed by atoms with van der Waals surface area (Å²) in [6.07, 6.45) is 4.22.